The minimum atomic E-state index is -4.54. The van der Waals surface area contributed by atoms with E-state index < -0.39 is 17.6 Å². The molecule has 3 rings (SSSR count). The van der Waals surface area contributed by atoms with E-state index in [1.807, 2.05) is 0 Å². The topological polar surface area (TPSA) is 20.3 Å². The molecule has 2 heterocycles. The van der Waals surface area contributed by atoms with Crippen LogP contribution in [0.5, 0.6) is 0 Å². The van der Waals surface area contributed by atoms with Crippen molar-refractivity contribution in [1.82, 2.24) is 4.90 Å². The Labute approximate surface area is 134 Å². The normalized spacial score (nSPS) is 14.8. The summed E-state index contributed by atoms with van der Waals surface area (Å²) in [7, 11) is 0. The van der Waals surface area contributed by atoms with Gasteiger partial charge in [-0.3, -0.25) is 4.79 Å². The molecule has 0 bridgehead atoms. The van der Waals surface area contributed by atoms with E-state index in [0.717, 1.165) is 16.5 Å². The van der Waals surface area contributed by atoms with Crippen LogP contribution in [0.4, 0.5) is 13.2 Å². The maximum absolute atomic E-state index is 13.0. The Bertz CT molecular complexity index is 726. The molecule has 1 aromatic heterocycles. The van der Waals surface area contributed by atoms with Crippen LogP contribution in [0.2, 0.25) is 4.34 Å². The number of alkyl halides is 3. The second-order valence-electron chi connectivity index (χ2n) is 5.02. The van der Waals surface area contributed by atoms with Crippen LogP contribution < -0.4 is 0 Å². The van der Waals surface area contributed by atoms with Crippen LogP contribution in [-0.4, -0.2) is 17.4 Å². The molecule has 1 amide bonds. The van der Waals surface area contributed by atoms with E-state index in [0.29, 0.717) is 23.8 Å². The average Bonchev–Trinajstić information content (AvgIpc) is 2.84. The lowest BCUT2D eigenvalue weighted by molar-refractivity contribution is -0.138. The molecule has 1 aromatic carbocycles. The van der Waals surface area contributed by atoms with Crippen molar-refractivity contribution in [3.63, 3.8) is 0 Å². The number of benzene rings is 1. The number of halogens is 4. The standard InChI is InChI=1S/C15H11ClF3NOS/c16-13-7-9-8-20(6-5-12(9)22-13)14(21)10-3-1-2-4-11(10)15(17,18)19/h1-4,7H,5-6,8H2. The molecule has 0 unspecified atom stereocenters. The van der Waals surface area contributed by atoms with E-state index in [1.54, 1.807) is 6.07 Å². The van der Waals surface area contributed by atoms with E-state index in [2.05, 4.69) is 0 Å². The zero-order valence-electron chi connectivity index (χ0n) is 11.3. The molecule has 0 saturated heterocycles. The van der Waals surface area contributed by atoms with Gasteiger partial charge in [-0.2, -0.15) is 13.2 Å². The highest BCUT2D eigenvalue weighted by Crippen LogP contribution is 2.34. The van der Waals surface area contributed by atoms with Crippen LogP contribution in [0.25, 0.3) is 0 Å². The van der Waals surface area contributed by atoms with E-state index in [9.17, 15) is 18.0 Å². The lowest BCUT2D eigenvalue weighted by Crippen LogP contribution is -2.36. The smallest absolute Gasteiger partial charge is 0.334 e. The summed E-state index contributed by atoms with van der Waals surface area (Å²) in [5, 5.41) is 0. The Morgan fingerprint density at radius 2 is 2.00 bits per heavy atom. The van der Waals surface area contributed by atoms with Crippen molar-refractivity contribution < 1.29 is 18.0 Å². The fraction of sp³-hybridized carbons (Fsp3) is 0.267. The molecule has 22 heavy (non-hydrogen) atoms. The van der Waals surface area contributed by atoms with Gasteiger partial charge in [-0.05, 0) is 30.2 Å². The minimum absolute atomic E-state index is 0.295. The van der Waals surface area contributed by atoms with Crippen molar-refractivity contribution in [3.8, 4) is 0 Å². The van der Waals surface area contributed by atoms with Crippen LogP contribution >= 0.6 is 22.9 Å². The van der Waals surface area contributed by atoms with Gasteiger partial charge < -0.3 is 4.90 Å². The SMILES string of the molecule is O=C(c1ccccc1C(F)(F)F)N1CCc2sc(Cl)cc2C1. The van der Waals surface area contributed by atoms with Crippen molar-refractivity contribution in [2.45, 2.75) is 19.1 Å². The Balaban J connectivity index is 1.90. The number of carbonyl (C=O) groups excluding carboxylic acids is 1. The van der Waals surface area contributed by atoms with E-state index in [1.165, 1.54) is 34.4 Å². The monoisotopic (exact) mass is 345 g/mol. The first-order valence-electron chi connectivity index (χ1n) is 6.59. The zero-order chi connectivity index (χ0) is 15.9. The molecule has 0 N–H and O–H groups in total. The number of rotatable bonds is 1. The second kappa shape index (κ2) is 5.59. The van der Waals surface area contributed by atoms with Gasteiger partial charge in [0.1, 0.15) is 0 Å². The molecular weight excluding hydrogens is 335 g/mol. The second-order valence-corrected chi connectivity index (χ2v) is 6.79. The van der Waals surface area contributed by atoms with Crippen LogP contribution in [0, 0.1) is 0 Å². The van der Waals surface area contributed by atoms with Crippen LogP contribution in [0.1, 0.15) is 26.4 Å². The van der Waals surface area contributed by atoms with Crippen molar-refractivity contribution in [2.75, 3.05) is 6.54 Å². The number of amides is 1. The summed E-state index contributed by atoms with van der Waals surface area (Å²) in [6.45, 7) is 0.693. The summed E-state index contributed by atoms with van der Waals surface area (Å²) in [6, 6.07) is 6.66. The number of hydrogen-bond donors (Lipinski definition) is 0. The third-order valence-corrected chi connectivity index (χ3v) is 4.95. The Morgan fingerprint density at radius 1 is 1.27 bits per heavy atom. The molecule has 1 aliphatic heterocycles. The molecule has 0 saturated carbocycles. The summed E-state index contributed by atoms with van der Waals surface area (Å²) in [6.07, 6.45) is -3.93. The molecule has 0 fully saturated rings. The molecule has 1 aliphatic rings. The highest BCUT2D eigenvalue weighted by atomic mass is 35.5. The van der Waals surface area contributed by atoms with Gasteiger partial charge in [-0.15, -0.1) is 11.3 Å². The molecule has 0 radical (unpaired) electrons. The largest absolute Gasteiger partial charge is 0.417 e. The summed E-state index contributed by atoms with van der Waals surface area (Å²) in [4.78, 5) is 15.0. The van der Waals surface area contributed by atoms with Crippen molar-refractivity contribution >= 4 is 28.8 Å². The number of fused-ring (bicyclic) bond motifs is 1. The average molecular weight is 346 g/mol. The van der Waals surface area contributed by atoms with E-state index in [4.69, 9.17) is 11.6 Å². The first-order valence-corrected chi connectivity index (χ1v) is 7.78. The van der Waals surface area contributed by atoms with Gasteiger partial charge in [-0.1, -0.05) is 23.7 Å². The third kappa shape index (κ3) is 2.85. The van der Waals surface area contributed by atoms with Crippen molar-refractivity contribution in [1.29, 1.82) is 0 Å². The summed E-state index contributed by atoms with van der Waals surface area (Å²) < 4.78 is 39.7. The lowest BCUT2D eigenvalue weighted by atomic mass is 10.0. The summed E-state index contributed by atoms with van der Waals surface area (Å²) >= 11 is 7.40. The van der Waals surface area contributed by atoms with Crippen LogP contribution in [0.3, 0.4) is 0 Å². The van der Waals surface area contributed by atoms with Gasteiger partial charge in [0, 0.05) is 18.0 Å². The van der Waals surface area contributed by atoms with Crippen LogP contribution in [0.15, 0.2) is 30.3 Å². The highest BCUT2D eigenvalue weighted by molar-refractivity contribution is 7.16. The van der Waals surface area contributed by atoms with Crippen LogP contribution in [-0.2, 0) is 19.1 Å². The number of hydrogen-bond acceptors (Lipinski definition) is 2. The van der Waals surface area contributed by atoms with Crippen molar-refractivity contribution in [3.05, 3.63) is 56.2 Å². The molecule has 7 heteroatoms. The number of nitrogens with zero attached hydrogens (tertiary/aromatic N) is 1. The summed E-state index contributed by atoms with van der Waals surface area (Å²) in [5.41, 5.74) is -0.284. The van der Waals surface area contributed by atoms with E-state index >= 15 is 0 Å². The number of carbonyl (C=O) groups is 1. The van der Waals surface area contributed by atoms with Gasteiger partial charge in [0.15, 0.2) is 0 Å². The third-order valence-electron chi connectivity index (χ3n) is 3.59. The van der Waals surface area contributed by atoms with E-state index in [-0.39, 0.29) is 5.56 Å². The van der Waals surface area contributed by atoms with Crippen molar-refractivity contribution in [2.24, 2.45) is 0 Å². The first kappa shape index (κ1) is 15.4. The Morgan fingerprint density at radius 3 is 2.73 bits per heavy atom. The first-order chi connectivity index (χ1) is 10.4. The lowest BCUT2D eigenvalue weighted by Gasteiger charge is -2.28. The molecular formula is C15H11ClF3NOS. The van der Waals surface area contributed by atoms with Gasteiger partial charge in [-0.25, -0.2) is 0 Å². The fourth-order valence-corrected chi connectivity index (χ4v) is 3.85. The molecule has 116 valence electrons. The maximum atomic E-state index is 13.0. The minimum Gasteiger partial charge on any atom is -0.334 e. The predicted molar refractivity (Wildman–Crippen MR) is 79.2 cm³/mol. The Hall–Kier alpha value is -1.53. The van der Waals surface area contributed by atoms with Gasteiger partial charge in [0.05, 0.1) is 15.5 Å². The molecule has 0 aliphatic carbocycles. The highest BCUT2D eigenvalue weighted by Gasteiger charge is 2.36. The molecule has 0 spiro atoms. The zero-order valence-corrected chi connectivity index (χ0v) is 12.9. The summed E-state index contributed by atoms with van der Waals surface area (Å²) in [5.74, 6) is -0.596. The van der Waals surface area contributed by atoms with Gasteiger partial charge >= 0.3 is 6.18 Å². The fourth-order valence-electron chi connectivity index (χ4n) is 2.56. The molecule has 0 atom stereocenters. The number of thiophene rings is 1. The molecule has 2 aromatic rings. The predicted octanol–water partition coefficient (Wildman–Crippen LogP) is 4.62. The van der Waals surface area contributed by atoms with Gasteiger partial charge in [0.2, 0.25) is 0 Å². The quantitative estimate of drug-likeness (QED) is 0.738. The Kier molecular flexibility index (Phi) is 3.91. The molecule has 2 nitrogen and oxygen atoms in total. The van der Waals surface area contributed by atoms with Gasteiger partial charge in [0.25, 0.3) is 5.91 Å². The maximum Gasteiger partial charge on any atom is 0.417 e.